The van der Waals surface area contributed by atoms with Crippen LogP contribution < -0.4 is 0 Å². The van der Waals surface area contributed by atoms with Crippen LogP contribution in [-0.4, -0.2) is 22.3 Å². The van der Waals surface area contributed by atoms with E-state index in [4.69, 9.17) is 5.11 Å². The molecule has 7 heteroatoms. The van der Waals surface area contributed by atoms with Crippen LogP contribution in [0.4, 0.5) is 10.1 Å². The molecule has 0 aliphatic rings. The van der Waals surface area contributed by atoms with Crippen molar-refractivity contribution in [2.45, 2.75) is 0 Å². The third-order valence-electron chi connectivity index (χ3n) is 1.88. The van der Waals surface area contributed by atoms with E-state index >= 15 is 0 Å². The molecule has 0 heterocycles. The maximum absolute atomic E-state index is 13.1. The molecule has 1 aromatic rings. The summed E-state index contributed by atoms with van der Waals surface area (Å²) in [6.07, 6.45) is 1.78. The first-order valence-electron chi connectivity index (χ1n) is 4.30. The quantitative estimate of drug-likeness (QED) is 0.373. The molecule has 17 heavy (non-hydrogen) atoms. The van der Waals surface area contributed by atoms with Crippen molar-refractivity contribution in [1.82, 2.24) is 0 Å². The maximum atomic E-state index is 13.1. The maximum Gasteiger partial charge on any atom is 0.328 e. The molecular formula is C10H6FNO5. The molecule has 1 N–H and O–H groups in total. The van der Waals surface area contributed by atoms with Crippen LogP contribution in [0.15, 0.2) is 18.2 Å². The number of nitro benzene ring substituents is 1. The van der Waals surface area contributed by atoms with Gasteiger partial charge in [-0.3, -0.25) is 14.9 Å². The molecule has 0 unspecified atom stereocenters. The number of hydrogen-bond acceptors (Lipinski definition) is 4. The Labute approximate surface area is 94.1 Å². The van der Waals surface area contributed by atoms with E-state index in [0.29, 0.717) is 12.1 Å². The predicted octanol–water partition coefficient (Wildman–Crippen LogP) is 1.64. The van der Waals surface area contributed by atoms with Gasteiger partial charge in [-0.2, -0.15) is 0 Å². The lowest BCUT2D eigenvalue weighted by molar-refractivity contribution is -0.385. The second kappa shape index (κ2) is 4.97. The molecule has 0 radical (unpaired) electrons. The van der Waals surface area contributed by atoms with E-state index in [0.717, 1.165) is 12.1 Å². The molecule has 0 spiro atoms. The third-order valence-corrected chi connectivity index (χ3v) is 1.88. The molecular weight excluding hydrogens is 233 g/mol. The van der Waals surface area contributed by atoms with Gasteiger partial charge in [0.05, 0.1) is 22.1 Å². The van der Waals surface area contributed by atoms with Crippen molar-refractivity contribution in [3.8, 4) is 0 Å². The van der Waals surface area contributed by atoms with E-state index in [-0.39, 0.29) is 17.4 Å². The van der Waals surface area contributed by atoms with Gasteiger partial charge in [-0.15, -0.1) is 0 Å². The lowest BCUT2D eigenvalue weighted by Gasteiger charge is -2.00. The van der Waals surface area contributed by atoms with Crippen LogP contribution in [-0.2, 0) is 4.79 Å². The largest absolute Gasteiger partial charge is 0.478 e. The Hall–Kier alpha value is -2.57. The first-order valence-corrected chi connectivity index (χ1v) is 4.30. The fraction of sp³-hybridized carbons (Fsp3) is 0. The highest BCUT2D eigenvalue weighted by atomic mass is 19.1. The Morgan fingerprint density at radius 3 is 2.53 bits per heavy atom. The third kappa shape index (κ3) is 2.94. The highest BCUT2D eigenvalue weighted by molar-refractivity contribution is 5.87. The van der Waals surface area contributed by atoms with E-state index in [1.54, 1.807) is 0 Å². The zero-order chi connectivity index (χ0) is 13.0. The Kier molecular flexibility index (Phi) is 3.66. The van der Waals surface area contributed by atoms with Gasteiger partial charge >= 0.3 is 5.97 Å². The van der Waals surface area contributed by atoms with Gasteiger partial charge in [0.2, 0.25) is 0 Å². The fourth-order valence-corrected chi connectivity index (χ4v) is 1.14. The summed E-state index contributed by atoms with van der Waals surface area (Å²) in [6, 6.07) is 1.49. The molecule has 0 saturated carbocycles. The number of carboxylic acids is 1. The van der Waals surface area contributed by atoms with Crippen LogP contribution in [0.3, 0.4) is 0 Å². The smallest absolute Gasteiger partial charge is 0.328 e. The molecule has 0 amide bonds. The average molecular weight is 239 g/mol. The number of benzene rings is 1. The number of carboxylic acid groups (broad SMARTS) is 1. The number of nitro groups is 1. The highest BCUT2D eigenvalue weighted by Gasteiger charge is 2.16. The van der Waals surface area contributed by atoms with E-state index in [9.17, 15) is 24.1 Å². The molecule has 6 nitrogen and oxygen atoms in total. The van der Waals surface area contributed by atoms with Crippen LogP contribution in [0, 0.1) is 15.9 Å². The minimum Gasteiger partial charge on any atom is -0.478 e. The molecule has 1 rings (SSSR count). The van der Waals surface area contributed by atoms with Gasteiger partial charge in [0.25, 0.3) is 5.69 Å². The number of halogens is 1. The van der Waals surface area contributed by atoms with Gasteiger partial charge in [-0.25, -0.2) is 9.18 Å². The molecule has 88 valence electrons. The van der Waals surface area contributed by atoms with Crippen molar-refractivity contribution in [2.75, 3.05) is 0 Å². The Morgan fingerprint density at radius 2 is 2.06 bits per heavy atom. The number of aliphatic carboxylic acids is 1. The summed E-state index contributed by atoms with van der Waals surface area (Å²) in [7, 11) is 0. The fourth-order valence-electron chi connectivity index (χ4n) is 1.14. The van der Waals surface area contributed by atoms with E-state index in [1.807, 2.05) is 0 Å². The minimum atomic E-state index is -1.31. The summed E-state index contributed by atoms with van der Waals surface area (Å²) < 4.78 is 13.1. The van der Waals surface area contributed by atoms with Gasteiger partial charge in [0, 0.05) is 6.08 Å². The second-order valence-corrected chi connectivity index (χ2v) is 2.98. The Morgan fingerprint density at radius 1 is 1.41 bits per heavy atom. The lowest BCUT2D eigenvalue weighted by Crippen LogP contribution is -1.97. The van der Waals surface area contributed by atoms with Crippen molar-refractivity contribution in [3.05, 3.63) is 45.3 Å². The molecule has 0 aliphatic carbocycles. The number of carbonyl (C=O) groups is 2. The predicted molar refractivity (Wildman–Crippen MR) is 55.1 cm³/mol. The van der Waals surface area contributed by atoms with Crippen molar-refractivity contribution >= 4 is 24.0 Å². The Balaban J connectivity index is 3.38. The van der Waals surface area contributed by atoms with Gasteiger partial charge < -0.3 is 5.11 Å². The van der Waals surface area contributed by atoms with Gasteiger partial charge in [-0.05, 0) is 12.1 Å². The first-order chi connectivity index (χ1) is 7.95. The van der Waals surface area contributed by atoms with Crippen LogP contribution in [0.25, 0.3) is 6.08 Å². The molecule has 0 aliphatic heterocycles. The summed E-state index contributed by atoms with van der Waals surface area (Å²) in [5, 5.41) is 19.0. The second-order valence-electron chi connectivity index (χ2n) is 2.98. The lowest BCUT2D eigenvalue weighted by atomic mass is 10.1. The molecule has 0 aromatic heterocycles. The van der Waals surface area contributed by atoms with Crippen molar-refractivity contribution in [3.63, 3.8) is 0 Å². The summed E-state index contributed by atoms with van der Waals surface area (Å²) in [6.45, 7) is 0. The zero-order valence-electron chi connectivity index (χ0n) is 8.29. The summed E-state index contributed by atoms with van der Waals surface area (Å²) in [4.78, 5) is 30.4. The first kappa shape index (κ1) is 12.5. The number of aldehydes is 1. The van der Waals surface area contributed by atoms with E-state index in [1.165, 1.54) is 0 Å². The number of carbonyl (C=O) groups excluding carboxylic acids is 1. The molecule has 0 fully saturated rings. The van der Waals surface area contributed by atoms with E-state index < -0.39 is 22.4 Å². The topological polar surface area (TPSA) is 97.5 Å². The molecule has 0 atom stereocenters. The monoisotopic (exact) mass is 239 g/mol. The average Bonchev–Trinajstić information content (AvgIpc) is 2.26. The Bertz CT molecular complexity index is 524. The molecule has 0 saturated heterocycles. The molecule has 0 bridgehead atoms. The number of nitrogens with zero attached hydrogens (tertiary/aromatic N) is 1. The zero-order valence-corrected chi connectivity index (χ0v) is 8.29. The van der Waals surface area contributed by atoms with E-state index in [2.05, 4.69) is 0 Å². The molecule has 1 aromatic carbocycles. The minimum absolute atomic E-state index is 0.152. The van der Waals surface area contributed by atoms with Gasteiger partial charge in [0.15, 0.2) is 6.29 Å². The van der Waals surface area contributed by atoms with Gasteiger partial charge in [0.1, 0.15) is 5.82 Å². The van der Waals surface area contributed by atoms with Crippen LogP contribution >= 0.6 is 0 Å². The van der Waals surface area contributed by atoms with Crippen molar-refractivity contribution in [2.24, 2.45) is 0 Å². The normalized spacial score (nSPS) is 10.4. The standard InChI is InChI=1S/C10H6FNO5/c11-8-4-9(12(16)17)6(1-2-10(14)15)3-7(8)5-13/h1-5H,(H,14,15)/b2-1+. The highest BCUT2D eigenvalue weighted by Crippen LogP contribution is 2.23. The van der Waals surface area contributed by atoms with Crippen LogP contribution in [0.1, 0.15) is 15.9 Å². The van der Waals surface area contributed by atoms with Crippen LogP contribution in [0.2, 0.25) is 0 Å². The van der Waals surface area contributed by atoms with Gasteiger partial charge in [-0.1, -0.05) is 0 Å². The summed E-state index contributed by atoms with van der Waals surface area (Å²) in [5.74, 6) is -2.34. The number of hydrogen-bond donors (Lipinski definition) is 1. The summed E-state index contributed by atoms with van der Waals surface area (Å²) in [5.41, 5.74) is -1.13. The van der Waals surface area contributed by atoms with Crippen molar-refractivity contribution < 1.29 is 24.0 Å². The van der Waals surface area contributed by atoms with Crippen LogP contribution in [0.5, 0.6) is 0 Å². The summed E-state index contributed by atoms with van der Waals surface area (Å²) >= 11 is 0. The SMILES string of the molecule is O=Cc1cc(/C=C/C(=O)O)c([N+](=O)[O-])cc1F. The number of rotatable bonds is 4. The van der Waals surface area contributed by atoms with Crippen molar-refractivity contribution in [1.29, 1.82) is 0 Å².